The minimum Gasteiger partial charge on any atom is -0.464 e. The number of halogens is 2. The Morgan fingerprint density at radius 1 is 1.32 bits per heavy atom. The summed E-state index contributed by atoms with van der Waals surface area (Å²) in [7, 11) is 0. The Balaban J connectivity index is 2.21. The van der Waals surface area contributed by atoms with Crippen LogP contribution in [0.25, 0.3) is 11.0 Å². The van der Waals surface area contributed by atoms with Crippen LogP contribution >= 0.6 is 23.2 Å². The van der Waals surface area contributed by atoms with Gasteiger partial charge in [-0.05, 0) is 30.7 Å². The van der Waals surface area contributed by atoms with Gasteiger partial charge in [0.1, 0.15) is 10.4 Å². The van der Waals surface area contributed by atoms with Crippen molar-refractivity contribution in [3.05, 3.63) is 36.1 Å². The Morgan fingerprint density at radius 2 is 2.11 bits per heavy atom. The third-order valence-electron chi connectivity index (χ3n) is 3.10. The molecule has 0 amide bonds. The Labute approximate surface area is 122 Å². The van der Waals surface area contributed by atoms with E-state index in [1.165, 1.54) is 0 Å². The van der Waals surface area contributed by atoms with Crippen LogP contribution in [0.5, 0.6) is 0 Å². The SMILES string of the molecule is CCNC(CC(Cl)Cl)C(O)c1ccc2ccoc2c1. The monoisotopic (exact) mass is 301 g/mol. The van der Waals surface area contributed by atoms with Gasteiger partial charge in [-0.2, -0.15) is 0 Å². The standard InChI is InChI=1S/C14H17Cl2NO2/c1-2-17-11(8-13(15)16)14(18)10-4-3-9-5-6-19-12(9)7-10/h3-7,11,13-14,17-18H,2,8H2,1H3. The Hall–Kier alpha value is -0.740. The highest BCUT2D eigenvalue weighted by Gasteiger charge is 2.22. The summed E-state index contributed by atoms with van der Waals surface area (Å²) in [6.45, 7) is 2.72. The topological polar surface area (TPSA) is 45.4 Å². The third-order valence-corrected chi connectivity index (χ3v) is 3.46. The van der Waals surface area contributed by atoms with E-state index < -0.39 is 10.9 Å². The highest BCUT2D eigenvalue weighted by Crippen LogP contribution is 2.26. The largest absolute Gasteiger partial charge is 0.464 e. The van der Waals surface area contributed by atoms with E-state index in [-0.39, 0.29) is 6.04 Å². The fourth-order valence-electron chi connectivity index (χ4n) is 2.17. The molecule has 0 spiro atoms. The van der Waals surface area contributed by atoms with E-state index in [4.69, 9.17) is 27.6 Å². The number of hydrogen-bond donors (Lipinski definition) is 2. The van der Waals surface area contributed by atoms with E-state index in [1.807, 2.05) is 31.2 Å². The van der Waals surface area contributed by atoms with Gasteiger partial charge < -0.3 is 14.8 Å². The second-order valence-corrected chi connectivity index (χ2v) is 5.73. The number of fused-ring (bicyclic) bond motifs is 1. The van der Waals surface area contributed by atoms with Gasteiger partial charge in [0, 0.05) is 11.4 Å². The fourth-order valence-corrected chi connectivity index (χ4v) is 2.55. The average Bonchev–Trinajstić information content (AvgIpc) is 2.84. The molecule has 0 aliphatic carbocycles. The minimum absolute atomic E-state index is 0.183. The van der Waals surface area contributed by atoms with Crippen LogP contribution in [0.2, 0.25) is 0 Å². The van der Waals surface area contributed by atoms with E-state index in [1.54, 1.807) is 6.26 Å². The van der Waals surface area contributed by atoms with Gasteiger partial charge in [-0.15, -0.1) is 23.2 Å². The van der Waals surface area contributed by atoms with Crippen molar-refractivity contribution in [3.63, 3.8) is 0 Å². The zero-order valence-electron chi connectivity index (χ0n) is 10.6. The van der Waals surface area contributed by atoms with Crippen molar-refractivity contribution >= 4 is 34.2 Å². The summed E-state index contributed by atoms with van der Waals surface area (Å²) in [6.07, 6.45) is 1.44. The van der Waals surface area contributed by atoms with Crippen LogP contribution < -0.4 is 5.32 Å². The molecule has 2 aromatic rings. The van der Waals surface area contributed by atoms with Gasteiger partial charge in [0.05, 0.1) is 12.4 Å². The lowest BCUT2D eigenvalue weighted by Gasteiger charge is -2.24. The average molecular weight is 302 g/mol. The van der Waals surface area contributed by atoms with Gasteiger partial charge in [0.25, 0.3) is 0 Å². The number of rotatable bonds is 6. The lowest BCUT2D eigenvalue weighted by Crippen LogP contribution is -2.36. The Morgan fingerprint density at radius 3 is 2.79 bits per heavy atom. The molecule has 0 bridgehead atoms. The zero-order chi connectivity index (χ0) is 13.8. The molecule has 19 heavy (non-hydrogen) atoms. The minimum atomic E-state index is -0.672. The van der Waals surface area contributed by atoms with Crippen molar-refractivity contribution in [1.29, 1.82) is 0 Å². The van der Waals surface area contributed by atoms with E-state index in [2.05, 4.69) is 5.32 Å². The molecule has 0 saturated carbocycles. The number of aliphatic hydroxyl groups excluding tert-OH is 1. The van der Waals surface area contributed by atoms with Crippen LogP contribution in [0.1, 0.15) is 25.0 Å². The lowest BCUT2D eigenvalue weighted by atomic mass is 9.99. The Bertz CT molecular complexity index is 527. The molecular weight excluding hydrogens is 285 g/mol. The number of furan rings is 1. The number of likely N-dealkylation sites (N-methyl/N-ethyl adjacent to an activating group) is 1. The van der Waals surface area contributed by atoms with Crippen molar-refractivity contribution in [3.8, 4) is 0 Å². The molecule has 0 aliphatic heterocycles. The highest BCUT2D eigenvalue weighted by molar-refractivity contribution is 6.44. The van der Waals surface area contributed by atoms with Crippen LogP contribution in [0.15, 0.2) is 34.9 Å². The summed E-state index contributed by atoms with van der Waals surface area (Å²) >= 11 is 11.6. The number of alkyl halides is 2. The first-order valence-corrected chi connectivity index (χ1v) is 7.16. The van der Waals surface area contributed by atoms with Gasteiger partial charge in [-0.1, -0.05) is 19.1 Å². The summed E-state index contributed by atoms with van der Waals surface area (Å²) in [4.78, 5) is -0.508. The molecule has 0 radical (unpaired) electrons. The van der Waals surface area contributed by atoms with Crippen LogP contribution in [0, 0.1) is 0 Å². The molecule has 2 unspecified atom stereocenters. The van der Waals surface area contributed by atoms with Crippen molar-refractivity contribution in [2.45, 2.75) is 30.3 Å². The van der Waals surface area contributed by atoms with Crippen molar-refractivity contribution in [2.75, 3.05) is 6.54 Å². The first kappa shape index (κ1) is 14.7. The van der Waals surface area contributed by atoms with Gasteiger partial charge in [0.2, 0.25) is 0 Å². The molecule has 1 aromatic carbocycles. The highest BCUT2D eigenvalue weighted by atomic mass is 35.5. The zero-order valence-corrected chi connectivity index (χ0v) is 12.2. The van der Waals surface area contributed by atoms with Crippen LogP contribution in [-0.4, -0.2) is 22.5 Å². The Kier molecular flexibility index (Phi) is 5.11. The summed E-state index contributed by atoms with van der Waals surface area (Å²) in [6, 6.07) is 7.38. The molecule has 2 N–H and O–H groups in total. The van der Waals surface area contributed by atoms with E-state index >= 15 is 0 Å². The lowest BCUT2D eigenvalue weighted by molar-refractivity contribution is 0.126. The normalized spacial score (nSPS) is 15.0. The number of aliphatic hydroxyl groups is 1. The maximum absolute atomic E-state index is 10.4. The predicted octanol–water partition coefficient (Wildman–Crippen LogP) is 3.64. The van der Waals surface area contributed by atoms with Gasteiger partial charge in [-0.3, -0.25) is 0 Å². The summed E-state index contributed by atoms with van der Waals surface area (Å²) in [5.41, 5.74) is 1.56. The smallest absolute Gasteiger partial charge is 0.134 e. The summed E-state index contributed by atoms with van der Waals surface area (Å²) < 4.78 is 5.35. The maximum Gasteiger partial charge on any atom is 0.134 e. The number of nitrogens with one attached hydrogen (secondary N) is 1. The molecule has 0 saturated heterocycles. The molecule has 0 aliphatic rings. The van der Waals surface area contributed by atoms with Gasteiger partial charge in [-0.25, -0.2) is 0 Å². The molecule has 0 fully saturated rings. The molecule has 104 valence electrons. The summed E-state index contributed by atoms with van der Waals surface area (Å²) in [5, 5.41) is 14.7. The molecule has 1 heterocycles. The quantitative estimate of drug-likeness (QED) is 0.801. The third kappa shape index (κ3) is 3.63. The van der Waals surface area contributed by atoms with E-state index in [9.17, 15) is 5.11 Å². The van der Waals surface area contributed by atoms with Crippen molar-refractivity contribution < 1.29 is 9.52 Å². The number of hydrogen-bond acceptors (Lipinski definition) is 3. The molecule has 5 heteroatoms. The van der Waals surface area contributed by atoms with Gasteiger partial charge in [0.15, 0.2) is 0 Å². The van der Waals surface area contributed by atoms with Crippen LogP contribution in [0.4, 0.5) is 0 Å². The van der Waals surface area contributed by atoms with Crippen molar-refractivity contribution in [1.82, 2.24) is 5.32 Å². The molecule has 1 aromatic heterocycles. The van der Waals surface area contributed by atoms with Gasteiger partial charge >= 0.3 is 0 Å². The number of benzene rings is 1. The maximum atomic E-state index is 10.4. The molecular formula is C14H17Cl2NO2. The molecule has 2 atom stereocenters. The van der Waals surface area contributed by atoms with E-state index in [0.29, 0.717) is 6.42 Å². The van der Waals surface area contributed by atoms with Crippen LogP contribution in [-0.2, 0) is 0 Å². The molecule has 3 nitrogen and oxygen atoms in total. The van der Waals surface area contributed by atoms with E-state index in [0.717, 1.165) is 23.1 Å². The van der Waals surface area contributed by atoms with Crippen molar-refractivity contribution in [2.24, 2.45) is 0 Å². The predicted molar refractivity (Wildman–Crippen MR) is 78.7 cm³/mol. The first-order valence-electron chi connectivity index (χ1n) is 6.28. The molecule has 2 rings (SSSR count). The second kappa shape index (κ2) is 6.62. The summed E-state index contributed by atoms with van der Waals surface area (Å²) in [5.74, 6) is 0. The van der Waals surface area contributed by atoms with Crippen LogP contribution in [0.3, 0.4) is 0 Å². The second-order valence-electron chi connectivity index (χ2n) is 4.45. The first-order chi connectivity index (χ1) is 9.11. The fraction of sp³-hybridized carbons (Fsp3) is 0.429.